The van der Waals surface area contributed by atoms with Crippen molar-refractivity contribution in [2.24, 2.45) is 0 Å². The third kappa shape index (κ3) is 5.67. The molecule has 0 radical (unpaired) electrons. The van der Waals surface area contributed by atoms with Crippen LogP contribution in [0.4, 0.5) is 4.79 Å². The third-order valence-electron chi connectivity index (χ3n) is 2.34. The Morgan fingerprint density at radius 3 is 2.50 bits per heavy atom. The molecule has 3 amide bonds. The van der Waals surface area contributed by atoms with Gasteiger partial charge in [-0.2, -0.15) is 0 Å². The summed E-state index contributed by atoms with van der Waals surface area (Å²) >= 11 is 11.8. The van der Waals surface area contributed by atoms with Gasteiger partial charge in [-0.05, 0) is 18.6 Å². The van der Waals surface area contributed by atoms with Gasteiger partial charge in [0.2, 0.25) is 0 Å². The predicted molar refractivity (Wildman–Crippen MR) is 78.4 cm³/mol. The zero-order chi connectivity index (χ0) is 15.0. The molecular formula is C13H16Cl2N2O3. The Labute approximate surface area is 127 Å². The van der Waals surface area contributed by atoms with Crippen LogP contribution in [0.5, 0.6) is 5.75 Å². The van der Waals surface area contributed by atoms with Crippen LogP contribution in [-0.2, 0) is 4.79 Å². The van der Waals surface area contributed by atoms with Crippen LogP contribution >= 0.6 is 23.2 Å². The summed E-state index contributed by atoms with van der Waals surface area (Å²) in [6, 6.07) is 4.31. The standard InChI is InChI=1S/C13H16Cl2N2O3/c1-2-3-7-16-13(19)17-11(18)8-20-12-9(14)5-4-6-10(12)15/h4-6H,2-3,7-8H2,1H3,(H2,16,17,18,19). The van der Waals surface area contributed by atoms with E-state index in [1.165, 1.54) is 0 Å². The van der Waals surface area contributed by atoms with Crippen molar-refractivity contribution in [1.29, 1.82) is 0 Å². The van der Waals surface area contributed by atoms with Crippen molar-refractivity contribution in [2.45, 2.75) is 19.8 Å². The number of ether oxygens (including phenoxy) is 1. The molecule has 0 atom stereocenters. The van der Waals surface area contributed by atoms with Gasteiger partial charge < -0.3 is 10.1 Å². The molecule has 0 fully saturated rings. The number of nitrogens with one attached hydrogen (secondary N) is 2. The highest BCUT2D eigenvalue weighted by Crippen LogP contribution is 2.32. The number of benzene rings is 1. The highest BCUT2D eigenvalue weighted by molar-refractivity contribution is 6.37. The quantitative estimate of drug-likeness (QED) is 0.792. The Balaban J connectivity index is 2.38. The average molecular weight is 319 g/mol. The summed E-state index contributed by atoms with van der Waals surface area (Å²) in [5.74, 6) is -0.354. The number of halogens is 2. The van der Waals surface area contributed by atoms with Crippen molar-refractivity contribution in [3.63, 3.8) is 0 Å². The lowest BCUT2D eigenvalue weighted by Crippen LogP contribution is -2.41. The number of rotatable bonds is 6. The van der Waals surface area contributed by atoms with E-state index in [-0.39, 0.29) is 12.4 Å². The van der Waals surface area contributed by atoms with Crippen molar-refractivity contribution in [2.75, 3.05) is 13.2 Å². The molecule has 20 heavy (non-hydrogen) atoms. The minimum absolute atomic E-state index is 0.220. The maximum atomic E-state index is 11.5. The highest BCUT2D eigenvalue weighted by atomic mass is 35.5. The van der Waals surface area contributed by atoms with Gasteiger partial charge >= 0.3 is 6.03 Å². The molecule has 0 aliphatic carbocycles. The summed E-state index contributed by atoms with van der Waals surface area (Å²) < 4.78 is 5.20. The van der Waals surface area contributed by atoms with Crippen LogP contribution in [0.15, 0.2) is 18.2 Å². The molecule has 110 valence electrons. The van der Waals surface area contributed by atoms with Gasteiger partial charge in [0.1, 0.15) is 0 Å². The van der Waals surface area contributed by atoms with E-state index >= 15 is 0 Å². The van der Waals surface area contributed by atoms with Crippen LogP contribution in [-0.4, -0.2) is 25.1 Å². The molecule has 0 unspecified atom stereocenters. The van der Waals surface area contributed by atoms with E-state index in [2.05, 4.69) is 10.6 Å². The van der Waals surface area contributed by atoms with Crippen molar-refractivity contribution in [3.05, 3.63) is 28.2 Å². The second-order valence-corrected chi connectivity index (χ2v) is 4.81. The summed E-state index contributed by atoms with van der Waals surface area (Å²) in [5.41, 5.74) is 0. The number of unbranched alkanes of at least 4 members (excludes halogenated alkanes) is 1. The lowest BCUT2D eigenvalue weighted by atomic mass is 10.3. The lowest BCUT2D eigenvalue weighted by Gasteiger charge is -2.10. The monoisotopic (exact) mass is 318 g/mol. The summed E-state index contributed by atoms with van der Waals surface area (Å²) in [6.07, 6.45) is 1.82. The topological polar surface area (TPSA) is 67.4 Å². The van der Waals surface area contributed by atoms with Crippen LogP contribution in [0.2, 0.25) is 10.0 Å². The van der Waals surface area contributed by atoms with E-state index in [9.17, 15) is 9.59 Å². The van der Waals surface area contributed by atoms with Gasteiger partial charge in [-0.25, -0.2) is 4.79 Å². The van der Waals surface area contributed by atoms with Gasteiger partial charge in [0.25, 0.3) is 5.91 Å². The molecule has 0 spiro atoms. The maximum absolute atomic E-state index is 11.5. The lowest BCUT2D eigenvalue weighted by molar-refractivity contribution is -0.122. The smallest absolute Gasteiger partial charge is 0.321 e. The summed E-state index contributed by atoms with van der Waals surface area (Å²) in [6.45, 7) is 2.18. The summed E-state index contributed by atoms with van der Waals surface area (Å²) in [7, 11) is 0. The molecule has 7 heteroatoms. The van der Waals surface area contributed by atoms with E-state index < -0.39 is 11.9 Å². The fourth-order valence-corrected chi connectivity index (χ4v) is 1.85. The fourth-order valence-electron chi connectivity index (χ4n) is 1.34. The number of imide groups is 1. The Bertz CT molecular complexity index is 460. The molecule has 2 N–H and O–H groups in total. The minimum atomic E-state index is -0.574. The SMILES string of the molecule is CCCCNC(=O)NC(=O)COc1c(Cl)cccc1Cl. The molecule has 0 saturated heterocycles. The number of hydrogen-bond acceptors (Lipinski definition) is 3. The molecule has 1 aromatic rings. The van der Waals surface area contributed by atoms with Crippen molar-refractivity contribution in [3.8, 4) is 5.75 Å². The van der Waals surface area contributed by atoms with E-state index in [0.29, 0.717) is 16.6 Å². The number of hydrogen-bond donors (Lipinski definition) is 2. The average Bonchev–Trinajstić information content (AvgIpc) is 2.38. The third-order valence-corrected chi connectivity index (χ3v) is 2.93. The van der Waals surface area contributed by atoms with E-state index in [4.69, 9.17) is 27.9 Å². The first kappa shape index (κ1) is 16.6. The largest absolute Gasteiger partial charge is 0.481 e. The van der Waals surface area contributed by atoms with Gasteiger partial charge in [0, 0.05) is 6.54 Å². The van der Waals surface area contributed by atoms with Gasteiger partial charge in [-0.15, -0.1) is 0 Å². The number of urea groups is 1. The molecule has 0 aliphatic rings. The predicted octanol–water partition coefficient (Wildman–Crippen LogP) is 3.00. The van der Waals surface area contributed by atoms with E-state index in [1.54, 1.807) is 18.2 Å². The molecule has 1 rings (SSSR count). The van der Waals surface area contributed by atoms with Crippen LogP contribution in [0, 0.1) is 0 Å². The van der Waals surface area contributed by atoms with Crippen molar-refractivity contribution in [1.82, 2.24) is 10.6 Å². The first-order valence-electron chi connectivity index (χ1n) is 6.19. The molecule has 0 saturated carbocycles. The molecule has 0 bridgehead atoms. The van der Waals surface area contributed by atoms with E-state index in [1.807, 2.05) is 6.92 Å². The van der Waals surface area contributed by atoms with Crippen LogP contribution in [0.25, 0.3) is 0 Å². The van der Waals surface area contributed by atoms with Crippen molar-refractivity contribution >= 4 is 35.1 Å². The second kappa shape index (κ2) is 8.66. The minimum Gasteiger partial charge on any atom is -0.481 e. The fraction of sp³-hybridized carbons (Fsp3) is 0.385. The zero-order valence-corrected chi connectivity index (χ0v) is 12.6. The molecular weight excluding hydrogens is 303 g/mol. The number of carbonyl (C=O) groups is 2. The van der Waals surface area contributed by atoms with Crippen LogP contribution in [0.1, 0.15) is 19.8 Å². The van der Waals surface area contributed by atoms with E-state index in [0.717, 1.165) is 12.8 Å². The molecule has 0 heterocycles. The molecule has 0 aliphatic heterocycles. The molecule has 0 aromatic heterocycles. The number of carbonyl (C=O) groups excluding carboxylic acids is 2. The van der Waals surface area contributed by atoms with Gasteiger partial charge in [0.05, 0.1) is 10.0 Å². The second-order valence-electron chi connectivity index (χ2n) is 4.00. The molecule has 1 aromatic carbocycles. The zero-order valence-electron chi connectivity index (χ0n) is 11.0. The normalized spacial score (nSPS) is 9.95. The number of para-hydroxylation sites is 1. The first-order chi connectivity index (χ1) is 9.54. The van der Waals surface area contributed by atoms with Crippen molar-refractivity contribution < 1.29 is 14.3 Å². The van der Waals surface area contributed by atoms with Gasteiger partial charge in [-0.3, -0.25) is 10.1 Å². The first-order valence-corrected chi connectivity index (χ1v) is 6.94. The van der Waals surface area contributed by atoms with Crippen LogP contribution < -0.4 is 15.4 Å². The molecule has 5 nitrogen and oxygen atoms in total. The Morgan fingerprint density at radius 2 is 1.90 bits per heavy atom. The van der Waals surface area contributed by atoms with Crippen LogP contribution in [0.3, 0.4) is 0 Å². The Hall–Kier alpha value is -1.46. The Morgan fingerprint density at radius 1 is 1.25 bits per heavy atom. The highest BCUT2D eigenvalue weighted by Gasteiger charge is 2.11. The Kier molecular flexibility index (Phi) is 7.18. The summed E-state index contributed by atoms with van der Waals surface area (Å²) in [4.78, 5) is 22.8. The summed E-state index contributed by atoms with van der Waals surface area (Å²) in [5, 5.41) is 5.31. The van der Waals surface area contributed by atoms with Gasteiger partial charge in [0.15, 0.2) is 12.4 Å². The van der Waals surface area contributed by atoms with Gasteiger partial charge in [-0.1, -0.05) is 42.6 Å². The number of amides is 3. The maximum Gasteiger partial charge on any atom is 0.321 e.